The number of halogens is 3. The molecule has 0 atom stereocenters. The van der Waals surface area contributed by atoms with Crippen molar-refractivity contribution in [1.82, 2.24) is 15.3 Å². The lowest BCUT2D eigenvalue weighted by Crippen LogP contribution is -2.25. The summed E-state index contributed by atoms with van der Waals surface area (Å²) in [5.41, 5.74) is -0.0283. The van der Waals surface area contributed by atoms with Crippen molar-refractivity contribution in [3.63, 3.8) is 0 Å². The zero-order valence-corrected chi connectivity index (χ0v) is 12.4. The Morgan fingerprint density at radius 2 is 1.61 bits per heavy atom. The molecule has 0 fully saturated rings. The summed E-state index contributed by atoms with van der Waals surface area (Å²) in [6.07, 6.45) is 1.07. The standard InChI is InChI=1S/C14H18F3N3O3/c15-14(16,17)13-19-8-10(9-20-13)12(23)18-7-5-3-1-2-4-6-11(21)22/h8-9H,1-7H2,(H,18,23)(H,21,22). The van der Waals surface area contributed by atoms with Crippen LogP contribution >= 0.6 is 0 Å². The van der Waals surface area contributed by atoms with Crippen molar-refractivity contribution in [2.45, 2.75) is 44.7 Å². The molecular weight excluding hydrogens is 315 g/mol. The van der Waals surface area contributed by atoms with Gasteiger partial charge in [0.1, 0.15) is 0 Å². The van der Waals surface area contributed by atoms with Crippen LogP contribution in [0.2, 0.25) is 0 Å². The molecule has 0 saturated heterocycles. The number of amides is 1. The molecule has 0 bridgehead atoms. The molecule has 0 radical (unpaired) electrons. The van der Waals surface area contributed by atoms with Crippen molar-refractivity contribution in [3.8, 4) is 0 Å². The Hall–Kier alpha value is -2.19. The van der Waals surface area contributed by atoms with Crippen molar-refractivity contribution >= 4 is 11.9 Å². The fraction of sp³-hybridized carbons (Fsp3) is 0.571. The maximum atomic E-state index is 12.3. The number of carboxylic acid groups (broad SMARTS) is 1. The maximum Gasteiger partial charge on any atom is 0.451 e. The number of nitrogens with zero attached hydrogens (tertiary/aromatic N) is 2. The molecule has 0 saturated carbocycles. The molecule has 0 aromatic carbocycles. The molecule has 1 aromatic heterocycles. The number of alkyl halides is 3. The van der Waals surface area contributed by atoms with E-state index in [-0.39, 0.29) is 12.0 Å². The number of hydrogen-bond donors (Lipinski definition) is 2. The summed E-state index contributed by atoms with van der Waals surface area (Å²) < 4.78 is 36.8. The Bertz CT molecular complexity index is 518. The summed E-state index contributed by atoms with van der Waals surface area (Å²) in [7, 11) is 0. The highest BCUT2D eigenvalue weighted by molar-refractivity contribution is 5.93. The van der Waals surface area contributed by atoms with Gasteiger partial charge in [0.2, 0.25) is 5.82 Å². The lowest BCUT2D eigenvalue weighted by molar-refractivity contribution is -0.145. The molecule has 9 heteroatoms. The van der Waals surface area contributed by atoms with Crippen LogP contribution < -0.4 is 5.32 Å². The molecule has 23 heavy (non-hydrogen) atoms. The summed E-state index contributed by atoms with van der Waals surface area (Å²) in [6, 6.07) is 0. The quantitative estimate of drug-likeness (QED) is 0.678. The first-order valence-corrected chi connectivity index (χ1v) is 7.20. The lowest BCUT2D eigenvalue weighted by Gasteiger charge is -2.07. The highest BCUT2D eigenvalue weighted by Gasteiger charge is 2.34. The first-order valence-electron chi connectivity index (χ1n) is 7.20. The molecular formula is C14H18F3N3O3. The Kier molecular flexibility index (Phi) is 7.43. The van der Waals surface area contributed by atoms with Crippen molar-refractivity contribution in [1.29, 1.82) is 0 Å². The van der Waals surface area contributed by atoms with E-state index in [1.807, 2.05) is 0 Å². The zero-order valence-electron chi connectivity index (χ0n) is 12.4. The van der Waals surface area contributed by atoms with Gasteiger partial charge < -0.3 is 10.4 Å². The third-order valence-corrected chi connectivity index (χ3v) is 3.02. The van der Waals surface area contributed by atoms with Gasteiger partial charge in [0.25, 0.3) is 5.91 Å². The molecule has 0 unspecified atom stereocenters. The van der Waals surface area contributed by atoms with Crippen LogP contribution in [0.4, 0.5) is 13.2 Å². The molecule has 0 aliphatic carbocycles. The summed E-state index contributed by atoms with van der Waals surface area (Å²) in [4.78, 5) is 28.2. The SMILES string of the molecule is O=C(O)CCCCCCCNC(=O)c1cnc(C(F)(F)F)nc1. The van der Waals surface area contributed by atoms with E-state index in [4.69, 9.17) is 5.11 Å². The predicted octanol–water partition coefficient (Wildman–Crippen LogP) is 2.65. The number of carbonyl (C=O) groups excluding carboxylic acids is 1. The number of hydrogen-bond acceptors (Lipinski definition) is 4. The molecule has 1 rings (SSSR count). The number of aliphatic carboxylic acids is 1. The van der Waals surface area contributed by atoms with E-state index in [0.29, 0.717) is 19.4 Å². The van der Waals surface area contributed by atoms with Gasteiger partial charge in [-0.1, -0.05) is 19.3 Å². The molecule has 128 valence electrons. The zero-order chi connectivity index (χ0) is 17.3. The average Bonchev–Trinajstić information content (AvgIpc) is 2.48. The van der Waals surface area contributed by atoms with Gasteiger partial charge in [-0.2, -0.15) is 13.2 Å². The van der Waals surface area contributed by atoms with E-state index in [2.05, 4.69) is 15.3 Å². The van der Waals surface area contributed by atoms with Gasteiger partial charge in [0.05, 0.1) is 5.56 Å². The smallest absolute Gasteiger partial charge is 0.451 e. The first kappa shape index (κ1) is 18.9. The van der Waals surface area contributed by atoms with E-state index >= 15 is 0 Å². The third kappa shape index (κ3) is 7.57. The topological polar surface area (TPSA) is 92.2 Å². The van der Waals surface area contributed by atoms with E-state index < -0.39 is 23.9 Å². The number of rotatable bonds is 9. The van der Waals surface area contributed by atoms with Gasteiger partial charge in [-0.25, -0.2) is 9.97 Å². The second-order valence-electron chi connectivity index (χ2n) is 4.96. The number of carboxylic acids is 1. The van der Waals surface area contributed by atoms with Crippen LogP contribution in [0.1, 0.15) is 54.7 Å². The molecule has 1 aromatic rings. The van der Waals surface area contributed by atoms with Crippen LogP contribution in [0.3, 0.4) is 0 Å². The monoisotopic (exact) mass is 333 g/mol. The van der Waals surface area contributed by atoms with Crippen LogP contribution in [0.5, 0.6) is 0 Å². The third-order valence-electron chi connectivity index (χ3n) is 3.02. The second-order valence-corrected chi connectivity index (χ2v) is 4.96. The second kappa shape index (κ2) is 9.06. The van der Waals surface area contributed by atoms with Gasteiger partial charge in [0, 0.05) is 25.4 Å². The molecule has 1 heterocycles. The van der Waals surface area contributed by atoms with E-state index in [9.17, 15) is 22.8 Å². The minimum atomic E-state index is -4.63. The van der Waals surface area contributed by atoms with E-state index in [0.717, 1.165) is 31.7 Å². The minimum Gasteiger partial charge on any atom is -0.481 e. The van der Waals surface area contributed by atoms with Crippen LogP contribution in [-0.4, -0.2) is 33.5 Å². The van der Waals surface area contributed by atoms with Gasteiger partial charge in [-0.05, 0) is 12.8 Å². The van der Waals surface area contributed by atoms with Crippen LogP contribution in [0.15, 0.2) is 12.4 Å². The Morgan fingerprint density at radius 3 is 2.17 bits per heavy atom. The average molecular weight is 333 g/mol. The Balaban J connectivity index is 2.20. The molecule has 0 aliphatic heterocycles. The van der Waals surface area contributed by atoms with Gasteiger partial charge in [-0.3, -0.25) is 9.59 Å². The summed E-state index contributed by atoms with van der Waals surface area (Å²) in [5, 5.41) is 11.0. The van der Waals surface area contributed by atoms with Crippen LogP contribution in [0.25, 0.3) is 0 Å². The summed E-state index contributed by atoms with van der Waals surface area (Å²) >= 11 is 0. The Labute approximate surface area is 131 Å². The van der Waals surface area contributed by atoms with Crippen molar-refractivity contribution in [2.75, 3.05) is 6.54 Å². The summed E-state index contributed by atoms with van der Waals surface area (Å²) in [5.74, 6) is -2.61. The van der Waals surface area contributed by atoms with Crippen LogP contribution in [0, 0.1) is 0 Å². The fourth-order valence-electron chi connectivity index (χ4n) is 1.83. The molecule has 2 N–H and O–H groups in total. The number of unbranched alkanes of at least 4 members (excludes halogenated alkanes) is 4. The number of carbonyl (C=O) groups is 2. The summed E-state index contributed by atoms with van der Waals surface area (Å²) in [6.45, 7) is 0.388. The van der Waals surface area contributed by atoms with Crippen molar-refractivity contribution in [2.24, 2.45) is 0 Å². The Morgan fingerprint density at radius 1 is 1.04 bits per heavy atom. The minimum absolute atomic E-state index is 0.0283. The molecule has 0 spiro atoms. The van der Waals surface area contributed by atoms with E-state index in [1.54, 1.807) is 0 Å². The van der Waals surface area contributed by atoms with Crippen molar-refractivity contribution < 1.29 is 27.9 Å². The predicted molar refractivity (Wildman–Crippen MR) is 74.7 cm³/mol. The first-order chi connectivity index (χ1) is 10.8. The van der Waals surface area contributed by atoms with Crippen molar-refractivity contribution in [3.05, 3.63) is 23.8 Å². The van der Waals surface area contributed by atoms with Gasteiger partial charge >= 0.3 is 12.1 Å². The number of nitrogens with one attached hydrogen (secondary N) is 1. The fourth-order valence-corrected chi connectivity index (χ4v) is 1.83. The van der Waals surface area contributed by atoms with Gasteiger partial charge in [-0.15, -0.1) is 0 Å². The number of aromatic nitrogens is 2. The highest BCUT2D eigenvalue weighted by atomic mass is 19.4. The van der Waals surface area contributed by atoms with E-state index in [1.165, 1.54) is 0 Å². The highest BCUT2D eigenvalue weighted by Crippen LogP contribution is 2.25. The normalized spacial score (nSPS) is 11.3. The maximum absolute atomic E-state index is 12.3. The molecule has 1 amide bonds. The largest absolute Gasteiger partial charge is 0.481 e. The molecule has 6 nitrogen and oxygen atoms in total. The lowest BCUT2D eigenvalue weighted by atomic mass is 10.1. The molecule has 0 aliphatic rings. The van der Waals surface area contributed by atoms with Gasteiger partial charge in [0.15, 0.2) is 0 Å². The van der Waals surface area contributed by atoms with Crippen LogP contribution in [-0.2, 0) is 11.0 Å².